The minimum absolute atomic E-state index is 0.155. The maximum absolute atomic E-state index is 9.00. The standard InChI is InChI=1S/C14H23N3OS/c1-9(2)10(3)17(4)11-7-6-8-12(19-5)13(11)14(15)16-18/h6-10,18H,1-5H3,(H2,15,16). The monoisotopic (exact) mass is 281 g/mol. The maximum atomic E-state index is 9.00. The molecule has 1 aromatic carbocycles. The summed E-state index contributed by atoms with van der Waals surface area (Å²) in [5.41, 5.74) is 7.63. The van der Waals surface area contributed by atoms with Crippen molar-refractivity contribution < 1.29 is 5.21 Å². The molecule has 1 unspecified atom stereocenters. The minimum atomic E-state index is 0.155. The van der Waals surface area contributed by atoms with Crippen molar-refractivity contribution in [3.8, 4) is 0 Å². The number of nitrogens with two attached hydrogens (primary N) is 1. The predicted octanol–water partition coefficient (Wildman–Crippen LogP) is 2.98. The van der Waals surface area contributed by atoms with Crippen LogP contribution in [0.4, 0.5) is 5.69 Å². The van der Waals surface area contributed by atoms with Crippen LogP contribution in [0.3, 0.4) is 0 Å². The average Bonchev–Trinajstić information content (AvgIpc) is 2.43. The molecular formula is C14H23N3OS. The Morgan fingerprint density at radius 3 is 2.47 bits per heavy atom. The van der Waals surface area contributed by atoms with Crippen LogP contribution in [0.5, 0.6) is 0 Å². The van der Waals surface area contributed by atoms with Crippen LogP contribution < -0.4 is 10.6 Å². The van der Waals surface area contributed by atoms with Gasteiger partial charge in [-0.15, -0.1) is 11.8 Å². The molecule has 0 saturated heterocycles. The van der Waals surface area contributed by atoms with Crippen LogP contribution in [0.1, 0.15) is 26.3 Å². The van der Waals surface area contributed by atoms with E-state index in [1.807, 2.05) is 31.5 Å². The highest BCUT2D eigenvalue weighted by molar-refractivity contribution is 7.98. The molecule has 0 radical (unpaired) electrons. The summed E-state index contributed by atoms with van der Waals surface area (Å²) in [6.07, 6.45) is 1.99. The maximum Gasteiger partial charge on any atom is 0.173 e. The number of benzene rings is 1. The Morgan fingerprint density at radius 1 is 1.37 bits per heavy atom. The van der Waals surface area contributed by atoms with Crippen LogP contribution in [0, 0.1) is 5.92 Å². The van der Waals surface area contributed by atoms with Crippen LogP contribution in [-0.4, -0.2) is 30.4 Å². The largest absolute Gasteiger partial charge is 0.409 e. The lowest BCUT2D eigenvalue weighted by Gasteiger charge is -2.32. The van der Waals surface area contributed by atoms with Gasteiger partial charge in [-0.05, 0) is 31.2 Å². The van der Waals surface area contributed by atoms with E-state index < -0.39 is 0 Å². The van der Waals surface area contributed by atoms with Crippen LogP contribution in [-0.2, 0) is 0 Å². The molecule has 0 amide bonds. The summed E-state index contributed by atoms with van der Waals surface area (Å²) in [7, 11) is 2.04. The van der Waals surface area contributed by atoms with E-state index in [4.69, 9.17) is 10.9 Å². The first-order valence-electron chi connectivity index (χ1n) is 6.31. The summed E-state index contributed by atoms with van der Waals surface area (Å²) in [5, 5.41) is 12.2. The van der Waals surface area contributed by atoms with E-state index in [-0.39, 0.29) is 5.84 Å². The highest BCUT2D eigenvalue weighted by Crippen LogP contribution is 2.31. The third-order valence-corrected chi connectivity index (χ3v) is 4.32. The Morgan fingerprint density at radius 2 is 2.00 bits per heavy atom. The third kappa shape index (κ3) is 3.35. The van der Waals surface area contributed by atoms with Crippen molar-refractivity contribution in [1.82, 2.24) is 0 Å². The van der Waals surface area contributed by atoms with Crippen LogP contribution in [0.25, 0.3) is 0 Å². The van der Waals surface area contributed by atoms with E-state index in [0.717, 1.165) is 16.1 Å². The van der Waals surface area contributed by atoms with Gasteiger partial charge in [-0.1, -0.05) is 25.1 Å². The number of hydrogen-bond acceptors (Lipinski definition) is 4. The fraction of sp³-hybridized carbons (Fsp3) is 0.500. The first-order valence-corrected chi connectivity index (χ1v) is 7.54. The normalized spacial score (nSPS) is 13.7. The van der Waals surface area contributed by atoms with Gasteiger partial charge in [0.05, 0.1) is 5.56 Å². The molecule has 5 heteroatoms. The molecule has 0 spiro atoms. The van der Waals surface area contributed by atoms with Crippen molar-refractivity contribution in [3.05, 3.63) is 23.8 Å². The molecule has 0 aromatic heterocycles. The van der Waals surface area contributed by atoms with Crippen molar-refractivity contribution in [2.24, 2.45) is 16.8 Å². The molecule has 0 fully saturated rings. The summed E-state index contributed by atoms with van der Waals surface area (Å²) in [6.45, 7) is 6.54. The van der Waals surface area contributed by atoms with E-state index in [1.54, 1.807) is 11.8 Å². The third-order valence-electron chi connectivity index (χ3n) is 3.54. The van der Waals surface area contributed by atoms with Crippen molar-refractivity contribution >= 4 is 23.3 Å². The molecule has 1 rings (SSSR count). The fourth-order valence-corrected chi connectivity index (χ4v) is 2.59. The molecule has 0 aliphatic heterocycles. The molecule has 0 saturated carbocycles. The summed E-state index contributed by atoms with van der Waals surface area (Å²) >= 11 is 1.59. The molecule has 3 N–H and O–H groups in total. The summed E-state index contributed by atoms with van der Waals surface area (Å²) in [4.78, 5) is 3.19. The second-order valence-corrected chi connectivity index (χ2v) is 5.78. The van der Waals surface area contributed by atoms with Gasteiger partial charge in [0, 0.05) is 23.7 Å². The topological polar surface area (TPSA) is 61.8 Å². The van der Waals surface area contributed by atoms with Gasteiger partial charge in [-0.25, -0.2) is 0 Å². The summed E-state index contributed by atoms with van der Waals surface area (Å²) in [5.74, 6) is 0.672. The van der Waals surface area contributed by atoms with Crippen molar-refractivity contribution in [2.45, 2.75) is 31.7 Å². The van der Waals surface area contributed by atoms with E-state index >= 15 is 0 Å². The molecule has 1 atom stereocenters. The Hall–Kier alpha value is -1.36. The molecule has 0 aliphatic carbocycles. The van der Waals surface area contributed by atoms with Crippen LogP contribution >= 0.6 is 11.8 Å². The number of thioether (sulfide) groups is 1. The number of oxime groups is 1. The van der Waals surface area contributed by atoms with Crippen molar-refractivity contribution in [1.29, 1.82) is 0 Å². The number of anilines is 1. The van der Waals surface area contributed by atoms with Gasteiger partial charge in [0.15, 0.2) is 5.84 Å². The number of rotatable bonds is 5. The first-order chi connectivity index (χ1) is 8.93. The first kappa shape index (κ1) is 15.7. The van der Waals surface area contributed by atoms with Crippen molar-refractivity contribution in [3.63, 3.8) is 0 Å². The highest BCUT2D eigenvalue weighted by atomic mass is 32.2. The van der Waals surface area contributed by atoms with Crippen LogP contribution in [0.2, 0.25) is 0 Å². The Bertz CT molecular complexity index is 460. The van der Waals surface area contributed by atoms with Gasteiger partial charge in [-0.2, -0.15) is 0 Å². The zero-order valence-electron chi connectivity index (χ0n) is 12.2. The Balaban J connectivity index is 3.35. The molecule has 0 bridgehead atoms. The smallest absolute Gasteiger partial charge is 0.173 e. The predicted molar refractivity (Wildman–Crippen MR) is 83.4 cm³/mol. The highest BCUT2D eigenvalue weighted by Gasteiger charge is 2.20. The van der Waals surface area contributed by atoms with E-state index in [2.05, 4.69) is 30.8 Å². The summed E-state index contributed by atoms with van der Waals surface area (Å²) < 4.78 is 0. The van der Waals surface area contributed by atoms with Gasteiger partial charge in [0.25, 0.3) is 0 Å². The minimum Gasteiger partial charge on any atom is -0.409 e. The van der Waals surface area contributed by atoms with Gasteiger partial charge < -0.3 is 15.8 Å². The lowest BCUT2D eigenvalue weighted by atomic mass is 10.0. The zero-order chi connectivity index (χ0) is 14.6. The molecule has 106 valence electrons. The van der Waals surface area contributed by atoms with E-state index in [9.17, 15) is 0 Å². The molecule has 0 aliphatic rings. The van der Waals surface area contributed by atoms with Gasteiger partial charge in [0.2, 0.25) is 0 Å². The van der Waals surface area contributed by atoms with E-state index in [0.29, 0.717) is 12.0 Å². The fourth-order valence-electron chi connectivity index (χ4n) is 1.96. The zero-order valence-corrected chi connectivity index (χ0v) is 13.0. The number of hydrogen-bond donors (Lipinski definition) is 2. The SMILES string of the molecule is CSc1cccc(N(C)C(C)C(C)C)c1/C(N)=N/O. The molecule has 19 heavy (non-hydrogen) atoms. The van der Waals surface area contributed by atoms with Gasteiger partial charge in [-0.3, -0.25) is 0 Å². The molecule has 1 aromatic rings. The number of amidine groups is 1. The van der Waals surface area contributed by atoms with Crippen molar-refractivity contribution in [2.75, 3.05) is 18.2 Å². The lowest BCUT2D eigenvalue weighted by molar-refractivity contribution is 0.318. The summed E-state index contributed by atoms with van der Waals surface area (Å²) in [6, 6.07) is 6.35. The second kappa shape index (κ2) is 6.70. The Labute approximate surface area is 119 Å². The molecule has 4 nitrogen and oxygen atoms in total. The van der Waals surface area contributed by atoms with Gasteiger partial charge in [0.1, 0.15) is 0 Å². The lowest BCUT2D eigenvalue weighted by Crippen LogP contribution is -2.35. The number of nitrogens with zero attached hydrogens (tertiary/aromatic N) is 2. The van der Waals surface area contributed by atoms with Gasteiger partial charge >= 0.3 is 0 Å². The van der Waals surface area contributed by atoms with Crippen LogP contribution in [0.15, 0.2) is 28.3 Å². The van der Waals surface area contributed by atoms with E-state index in [1.165, 1.54) is 0 Å². The average molecular weight is 281 g/mol. The Kier molecular flexibility index (Phi) is 5.54. The second-order valence-electron chi connectivity index (χ2n) is 4.94. The molecule has 0 heterocycles. The quantitative estimate of drug-likeness (QED) is 0.286. The molecular weight excluding hydrogens is 258 g/mol.